The minimum atomic E-state index is -4.45. The largest absolute Gasteiger partial charge is 0.416 e. The lowest BCUT2D eigenvalue weighted by Gasteiger charge is -2.14. The molecule has 2 nitrogen and oxygen atoms in total. The molecule has 1 aromatic carbocycles. The van der Waals surface area contributed by atoms with Gasteiger partial charge in [-0.15, -0.1) is 0 Å². The van der Waals surface area contributed by atoms with Crippen LogP contribution in [0.25, 0.3) is 0 Å². The van der Waals surface area contributed by atoms with Crippen LogP contribution in [0.15, 0.2) is 34.8 Å². The Kier molecular flexibility index (Phi) is 3.99. The summed E-state index contributed by atoms with van der Waals surface area (Å²) in [6.07, 6.45) is 0.841. The molecule has 2 rings (SSSR count). The predicted octanol–water partition coefficient (Wildman–Crippen LogP) is 3.92. The van der Waals surface area contributed by atoms with Crippen molar-refractivity contribution in [2.45, 2.75) is 25.1 Å². The molecule has 0 unspecified atom stereocenters. The Balaban J connectivity index is 2.20. The van der Waals surface area contributed by atoms with Crippen molar-refractivity contribution in [3.63, 3.8) is 0 Å². The highest BCUT2D eigenvalue weighted by Gasteiger charge is 2.31. The first-order valence-corrected chi connectivity index (χ1v) is 6.50. The summed E-state index contributed by atoms with van der Waals surface area (Å²) in [7, 11) is 0. The van der Waals surface area contributed by atoms with E-state index in [2.05, 4.69) is 21.2 Å². The van der Waals surface area contributed by atoms with E-state index < -0.39 is 17.6 Å². The van der Waals surface area contributed by atoms with Gasteiger partial charge in [0.1, 0.15) is 0 Å². The molecule has 0 fully saturated rings. The van der Waals surface area contributed by atoms with Crippen molar-refractivity contribution in [2.24, 2.45) is 0 Å². The molecule has 0 saturated heterocycles. The van der Waals surface area contributed by atoms with Crippen molar-refractivity contribution in [3.05, 3.63) is 46.0 Å². The summed E-state index contributed by atoms with van der Waals surface area (Å²) in [6, 6.07) is 3.01. The maximum Gasteiger partial charge on any atom is 0.416 e. The van der Waals surface area contributed by atoms with Crippen molar-refractivity contribution in [1.82, 2.24) is 5.32 Å². The maximum atomic E-state index is 12.6. The number of carbonyl (C=O) groups is 1. The third kappa shape index (κ3) is 3.37. The van der Waals surface area contributed by atoms with Gasteiger partial charge in [-0.05, 0) is 47.0 Å². The summed E-state index contributed by atoms with van der Waals surface area (Å²) < 4.78 is 38.2. The lowest BCUT2D eigenvalue weighted by molar-refractivity contribution is -0.137. The molecule has 0 radical (unpaired) electrons. The molecule has 19 heavy (non-hydrogen) atoms. The summed E-state index contributed by atoms with van der Waals surface area (Å²) in [6.45, 7) is 0. The molecule has 0 heterocycles. The lowest BCUT2D eigenvalue weighted by Crippen LogP contribution is -2.33. The van der Waals surface area contributed by atoms with E-state index in [0.29, 0.717) is 17.3 Å². The van der Waals surface area contributed by atoms with Gasteiger partial charge in [-0.3, -0.25) is 4.79 Å². The molecule has 1 aromatic rings. The first-order chi connectivity index (χ1) is 8.88. The number of nitrogens with one attached hydrogen (secondary N) is 1. The van der Waals surface area contributed by atoms with Crippen LogP contribution in [0, 0.1) is 0 Å². The van der Waals surface area contributed by atoms with E-state index in [9.17, 15) is 18.0 Å². The minimum Gasteiger partial charge on any atom is -0.349 e. The Morgan fingerprint density at radius 3 is 2.47 bits per heavy atom. The van der Waals surface area contributed by atoms with Crippen molar-refractivity contribution in [2.75, 3.05) is 0 Å². The molecule has 102 valence electrons. The Labute approximate surface area is 116 Å². The van der Waals surface area contributed by atoms with Gasteiger partial charge >= 0.3 is 6.18 Å². The Hall–Kier alpha value is -1.30. The van der Waals surface area contributed by atoms with Gasteiger partial charge in [-0.2, -0.15) is 13.2 Å². The van der Waals surface area contributed by atoms with Crippen LogP contribution >= 0.6 is 15.9 Å². The number of rotatable bonds is 2. The van der Waals surface area contributed by atoms with Crippen molar-refractivity contribution < 1.29 is 18.0 Å². The monoisotopic (exact) mass is 333 g/mol. The molecule has 0 aromatic heterocycles. The molecule has 0 bridgehead atoms. The average molecular weight is 334 g/mol. The molecule has 0 spiro atoms. The van der Waals surface area contributed by atoms with Crippen LogP contribution in [-0.2, 0) is 6.18 Å². The SMILES string of the molecule is O=C(NC1CC=CC1)c1cc(C(F)(F)F)ccc1Br. The standard InChI is InChI=1S/C13H11BrF3NO/c14-11-6-5-8(13(15,16)17)7-10(11)12(19)18-9-3-1-2-4-9/h1-2,5-7,9H,3-4H2,(H,18,19). The number of alkyl halides is 3. The zero-order chi connectivity index (χ0) is 14.0. The quantitative estimate of drug-likeness (QED) is 0.816. The Bertz CT molecular complexity index is 517. The number of carbonyl (C=O) groups excluding carboxylic acids is 1. The van der Waals surface area contributed by atoms with Crippen LogP contribution in [0.1, 0.15) is 28.8 Å². The summed E-state index contributed by atoms with van der Waals surface area (Å²) in [5, 5.41) is 2.72. The molecule has 0 atom stereocenters. The highest BCUT2D eigenvalue weighted by atomic mass is 79.9. The average Bonchev–Trinajstić information content (AvgIpc) is 2.80. The molecule has 0 saturated carbocycles. The van der Waals surface area contributed by atoms with Gasteiger partial charge in [-0.25, -0.2) is 0 Å². The third-order valence-corrected chi connectivity index (χ3v) is 3.57. The van der Waals surface area contributed by atoms with Gasteiger partial charge in [-0.1, -0.05) is 12.2 Å². The van der Waals surface area contributed by atoms with Crippen LogP contribution in [-0.4, -0.2) is 11.9 Å². The summed E-state index contributed by atoms with van der Waals surface area (Å²) in [5.74, 6) is -0.494. The van der Waals surface area contributed by atoms with E-state index in [1.165, 1.54) is 6.07 Å². The summed E-state index contributed by atoms with van der Waals surface area (Å²) in [5.41, 5.74) is -0.827. The van der Waals surface area contributed by atoms with Gasteiger partial charge in [0.05, 0.1) is 11.1 Å². The third-order valence-electron chi connectivity index (χ3n) is 2.88. The fourth-order valence-corrected chi connectivity index (χ4v) is 2.30. The normalized spacial score (nSPS) is 15.8. The number of halogens is 4. The fourth-order valence-electron chi connectivity index (χ4n) is 1.87. The second-order valence-corrected chi connectivity index (χ2v) is 5.16. The van der Waals surface area contributed by atoms with Gasteiger partial charge < -0.3 is 5.32 Å². The van der Waals surface area contributed by atoms with Gasteiger partial charge in [0, 0.05) is 10.5 Å². The van der Waals surface area contributed by atoms with Crippen LogP contribution in [0.4, 0.5) is 13.2 Å². The highest BCUT2D eigenvalue weighted by Crippen LogP contribution is 2.32. The van der Waals surface area contributed by atoms with Crippen LogP contribution in [0.3, 0.4) is 0 Å². The minimum absolute atomic E-state index is 0.00160. The predicted molar refractivity (Wildman–Crippen MR) is 68.8 cm³/mol. The van der Waals surface area contributed by atoms with E-state index in [1.54, 1.807) is 0 Å². The zero-order valence-corrected chi connectivity index (χ0v) is 11.4. The van der Waals surface area contributed by atoms with E-state index >= 15 is 0 Å². The van der Waals surface area contributed by atoms with Crippen molar-refractivity contribution >= 4 is 21.8 Å². The number of amides is 1. The molecule has 1 N–H and O–H groups in total. The second kappa shape index (κ2) is 5.36. The maximum absolute atomic E-state index is 12.6. The first-order valence-electron chi connectivity index (χ1n) is 5.70. The van der Waals surface area contributed by atoms with E-state index in [1.807, 2.05) is 12.2 Å². The number of benzene rings is 1. The number of hydrogen-bond donors (Lipinski definition) is 1. The molecule has 1 aliphatic rings. The summed E-state index contributed by atoms with van der Waals surface area (Å²) in [4.78, 5) is 12.0. The number of hydrogen-bond acceptors (Lipinski definition) is 1. The lowest BCUT2D eigenvalue weighted by atomic mass is 10.1. The van der Waals surface area contributed by atoms with E-state index in [0.717, 1.165) is 12.1 Å². The van der Waals surface area contributed by atoms with Crippen molar-refractivity contribution in [1.29, 1.82) is 0 Å². The summed E-state index contributed by atoms with van der Waals surface area (Å²) >= 11 is 3.10. The first kappa shape index (κ1) is 14.1. The second-order valence-electron chi connectivity index (χ2n) is 4.31. The van der Waals surface area contributed by atoms with E-state index in [4.69, 9.17) is 0 Å². The van der Waals surface area contributed by atoms with Crippen molar-refractivity contribution in [3.8, 4) is 0 Å². The molecule has 0 aliphatic heterocycles. The van der Waals surface area contributed by atoms with Crippen LogP contribution in [0.2, 0.25) is 0 Å². The topological polar surface area (TPSA) is 29.1 Å². The highest BCUT2D eigenvalue weighted by molar-refractivity contribution is 9.10. The zero-order valence-electron chi connectivity index (χ0n) is 9.80. The molecule has 1 amide bonds. The molecular formula is C13H11BrF3NO. The van der Waals surface area contributed by atoms with E-state index in [-0.39, 0.29) is 11.6 Å². The molecular weight excluding hydrogens is 323 g/mol. The van der Waals surface area contributed by atoms with Crippen LogP contribution < -0.4 is 5.32 Å². The Morgan fingerprint density at radius 1 is 1.26 bits per heavy atom. The fraction of sp³-hybridized carbons (Fsp3) is 0.308. The molecule has 6 heteroatoms. The molecule has 1 aliphatic carbocycles. The Morgan fingerprint density at radius 2 is 1.89 bits per heavy atom. The van der Waals surface area contributed by atoms with Gasteiger partial charge in [0.25, 0.3) is 5.91 Å². The van der Waals surface area contributed by atoms with Gasteiger partial charge in [0.2, 0.25) is 0 Å². The van der Waals surface area contributed by atoms with Gasteiger partial charge in [0.15, 0.2) is 0 Å². The van der Waals surface area contributed by atoms with Crippen LogP contribution in [0.5, 0.6) is 0 Å². The smallest absolute Gasteiger partial charge is 0.349 e.